The first-order chi connectivity index (χ1) is 12.4. The van der Waals surface area contributed by atoms with Gasteiger partial charge < -0.3 is 0 Å². The van der Waals surface area contributed by atoms with Crippen molar-refractivity contribution in [3.8, 4) is 0 Å². The Labute approximate surface area is 149 Å². The Balaban J connectivity index is 1.84. The summed E-state index contributed by atoms with van der Waals surface area (Å²) >= 11 is 0. The fraction of sp³-hybridized carbons (Fsp3) is 0.208. The fourth-order valence-corrected chi connectivity index (χ4v) is 3.65. The summed E-state index contributed by atoms with van der Waals surface area (Å²) in [5, 5.41) is 2.57. The molecule has 0 spiro atoms. The molecule has 1 heteroatoms. The van der Waals surface area contributed by atoms with E-state index in [9.17, 15) is 0 Å². The van der Waals surface area contributed by atoms with E-state index in [1.807, 2.05) is 0 Å². The fourth-order valence-electron chi connectivity index (χ4n) is 3.65. The molecule has 3 aromatic rings. The molecule has 0 fully saturated rings. The zero-order valence-corrected chi connectivity index (χ0v) is 14.7. The van der Waals surface area contributed by atoms with E-state index >= 15 is 0 Å². The Morgan fingerprint density at radius 1 is 0.920 bits per heavy atom. The molecule has 124 valence electrons. The van der Waals surface area contributed by atoms with Gasteiger partial charge in [-0.3, -0.25) is 4.99 Å². The Kier molecular flexibility index (Phi) is 4.47. The average molecular weight is 325 g/mol. The molecule has 0 saturated heterocycles. The van der Waals surface area contributed by atoms with Gasteiger partial charge in [-0.15, -0.1) is 0 Å². The Morgan fingerprint density at radius 3 is 2.68 bits per heavy atom. The minimum absolute atomic E-state index is 0.313. The lowest BCUT2D eigenvalue weighted by Gasteiger charge is -2.16. The van der Waals surface area contributed by atoms with E-state index in [-0.39, 0.29) is 0 Å². The van der Waals surface area contributed by atoms with Crippen LogP contribution in [0.15, 0.2) is 71.7 Å². The van der Waals surface area contributed by atoms with Crippen LogP contribution in [0.4, 0.5) is 0 Å². The molecule has 1 nitrogen and oxygen atoms in total. The predicted octanol–water partition coefficient (Wildman–Crippen LogP) is 6.22. The van der Waals surface area contributed by atoms with Crippen molar-refractivity contribution in [2.75, 3.05) is 6.54 Å². The van der Waals surface area contributed by atoms with Gasteiger partial charge in [-0.05, 0) is 33.9 Å². The highest BCUT2D eigenvalue weighted by atomic mass is 14.7. The van der Waals surface area contributed by atoms with Crippen LogP contribution in [0, 0.1) is 0 Å². The number of unbranched alkanes of at least 4 members (excludes halogenated alkanes) is 1. The number of rotatable bonds is 5. The van der Waals surface area contributed by atoms with E-state index in [0.717, 1.165) is 13.0 Å². The molecule has 1 atom stereocenters. The molecule has 4 rings (SSSR count). The molecule has 0 N–H and O–H groups in total. The molecular weight excluding hydrogens is 302 g/mol. The molecule has 0 saturated carbocycles. The Hall–Kier alpha value is -2.67. The van der Waals surface area contributed by atoms with Gasteiger partial charge in [0.2, 0.25) is 0 Å². The van der Waals surface area contributed by atoms with Crippen LogP contribution in [0.1, 0.15) is 47.9 Å². The van der Waals surface area contributed by atoms with Gasteiger partial charge >= 0.3 is 0 Å². The minimum atomic E-state index is 0.313. The highest BCUT2D eigenvalue weighted by Crippen LogP contribution is 2.38. The van der Waals surface area contributed by atoms with E-state index in [2.05, 4.69) is 86.0 Å². The summed E-state index contributed by atoms with van der Waals surface area (Å²) in [5.74, 6) is 0.313. The standard InChI is InChI=1S/C24H23N/c1-2-3-16-25-17-24-21-11-7-5-9-19(21)13-15-23(24)22-14-12-18-8-4-6-10-20(18)22/h4-15,17,22H,2-3,16H2,1H3/b25-17+. The maximum absolute atomic E-state index is 4.72. The van der Waals surface area contributed by atoms with Crippen LogP contribution in [0.2, 0.25) is 0 Å². The van der Waals surface area contributed by atoms with Gasteiger partial charge in [-0.2, -0.15) is 0 Å². The number of hydrogen-bond donors (Lipinski definition) is 0. The second kappa shape index (κ2) is 7.06. The summed E-state index contributed by atoms with van der Waals surface area (Å²) in [6.07, 6.45) is 8.98. The predicted molar refractivity (Wildman–Crippen MR) is 109 cm³/mol. The second-order valence-corrected chi connectivity index (χ2v) is 6.64. The molecule has 0 heterocycles. The number of aliphatic imine (C=N–C) groups is 1. The van der Waals surface area contributed by atoms with Crippen molar-refractivity contribution < 1.29 is 0 Å². The van der Waals surface area contributed by atoms with Gasteiger partial charge in [0.25, 0.3) is 0 Å². The molecule has 0 aromatic heterocycles. The third-order valence-electron chi connectivity index (χ3n) is 5.00. The van der Waals surface area contributed by atoms with Crippen molar-refractivity contribution >= 4 is 23.1 Å². The first-order valence-corrected chi connectivity index (χ1v) is 9.17. The van der Waals surface area contributed by atoms with Crippen molar-refractivity contribution in [2.45, 2.75) is 25.7 Å². The smallest absolute Gasteiger partial charge is 0.0389 e. The van der Waals surface area contributed by atoms with Crippen molar-refractivity contribution in [1.82, 2.24) is 0 Å². The summed E-state index contributed by atoms with van der Waals surface area (Å²) in [7, 11) is 0. The monoisotopic (exact) mass is 325 g/mol. The molecule has 0 radical (unpaired) electrons. The molecule has 1 aliphatic rings. The van der Waals surface area contributed by atoms with Gasteiger partial charge in [0, 0.05) is 24.2 Å². The lowest BCUT2D eigenvalue weighted by atomic mass is 9.87. The maximum Gasteiger partial charge on any atom is 0.0389 e. The van der Waals surface area contributed by atoms with Gasteiger partial charge in [0.05, 0.1) is 0 Å². The van der Waals surface area contributed by atoms with Gasteiger partial charge in [-0.1, -0.05) is 86.2 Å². The zero-order chi connectivity index (χ0) is 17.1. The van der Waals surface area contributed by atoms with Crippen LogP contribution >= 0.6 is 0 Å². The van der Waals surface area contributed by atoms with Crippen molar-refractivity contribution in [3.05, 3.63) is 89.0 Å². The van der Waals surface area contributed by atoms with Crippen molar-refractivity contribution in [1.29, 1.82) is 0 Å². The summed E-state index contributed by atoms with van der Waals surface area (Å²) in [6.45, 7) is 3.11. The maximum atomic E-state index is 4.72. The van der Waals surface area contributed by atoms with Crippen LogP contribution in [0.3, 0.4) is 0 Å². The lowest BCUT2D eigenvalue weighted by molar-refractivity contribution is 0.810. The van der Waals surface area contributed by atoms with Crippen molar-refractivity contribution in [3.63, 3.8) is 0 Å². The number of benzene rings is 3. The van der Waals surface area contributed by atoms with Crippen LogP contribution in [-0.2, 0) is 0 Å². The van der Waals surface area contributed by atoms with E-state index in [1.54, 1.807) is 0 Å². The first-order valence-electron chi connectivity index (χ1n) is 9.17. The number of hydrogen-bond acceptors (Lipinski definition) is 1. The molecule has 25 heavy (non-hydrogen) atoms. The van der Waals surface area contributed by atoms with Gasteiger partial charge in [0.1, 0.15) is 0 Å². The molecule has 1 aliphatic carbocycles. The van der Waals surface area contributed by atoms with Crippen molar-refractivity contribution in [2.24, 2.45) is 4.99 Å². The van der Waals surface area contributed by atoms with Crippen LogP contribution in [-0.4, -0.2) is 12.8 Å². The minimum Gasteiger partial charge on any atom is -0.293 e. The molecule has 0 aliphatic heterocycles. The molecular formula is C24H23N. The highest BCUT2D eigenvalue weighted by molar-refractivity contribution is 6.02. The van der Waals surface area contributed by atoms with E-state index in [1.165, 1.54) is 39.4 Å². The quantitative estimate of drug-likeness (QED) is 0.390. The largest absolute Gasteiger partial charge is 0.293 e. The summed E-state index contributed by atoms with van der Waals surface area (Å²) in [5.41, 5.74) is 5.33. The third-order valence-corrected chi connectivity index (χ3v) is 5.00. The van der Waals surface area contributed by atoms with Crippen LogP contribution in [0.5, 0.6) is 0 Å². The average Bonchev–Trinajstić information content (AvgIpc) is 3.09. The molecule has 0 bridgehead atoms. The lowest BCUT2D eigenvalue weighted by Crippen LogP contribution is -2.02. The van der Waals surface area contributed by atoms with E-state index < -0.39 is 0 Å². The third kappa shape index (κ3) is 3.02. The van der Waals surface area contributed by atoms with E-state index in [4.69, 9.17) is 4.99 Å². The molecule has 0 amide bonds. The zero-order valence-electron chi connectivity index (χ0n) is 14.7. The SMILES string of the molecule is CCCC/N=C/c1c(C2C=Cc3ccccc32)ccc2ccccc12. The second-order valence-electron chi connectivity index (χ2n) is 6.64. The summed E-state index contributed by atoms with van der Waals surface area (Å²) in [4.78, 5) is 4.72. The van der Waals surface area contributed by atoms with E-state index in [0.29, 0.717) is 5.92 Å². The molecule has 3 aromatic carbocycles. The van der Waals surface area contributed by atoms with Gasteiger partial charge in [-0.25, -0.2) is 0 Å². The summed E-state index contributed by atoms with van der Waals surface area (Å²) in [6, 6.07) is 21.8. The van der Waals surface area contributed by atoms with Crippen LogP contribution in [0.25, 0.3) is 16.8 Å². The topological polar surface area (TPSA) is 12.4 Å². The highest BCUT2D eigenvalue weighted by Gasteiger charge is 2.21. The number of allylic oxidation sites excluding steroid dienone is 1. The number of fused-ring (bicyclic) bond motifs is 2. The number of nitrogens with zero attached hydrogens (tertiary/aromatic N) is 1. The normalized spacial score (nSPS) is 16.0. The van der Waals surface area contributed by atoms with Crippen LogP contribution < -0.4 is 0 Å². The van der Waals surface area contributed by atoms with Gasteiger partial charge in [0.15, 0.2) is 0 Å². The first kappa shape index (κ1) is 15.8. The Bertz CT molecular complexity index is 949. The summed E-state index contributed by atoms with van der Waals surface area (Å²) < 4.78 is 0. The Morgan fingerprint density at radius 2 is 1.76 bits per heavy atom. The molecule has 1 unspecified atom stereocenters.